The number of esters is 1. The Labute approximate surface area is 109 Å². The zero-order chi connectivity index (χ0) is 13.5. The van der Waals surface area contributed by atoms with Gasteiger partial charge >= 0.3 is 12.1 Å². The van der Waals surface area contributed by atoms with E-state index in [1.807, 2.05) is 0 Å². The number of amides is 1. The first kappa shape index (κ1) is 14.1. The summed E-state index contributed by atoms with van der Waals surface area (Å²) in [5.74, 6) is -0.144. The highest BCUT2D eigenvalue weighted by Crippen LogP contribution is 2.25. The van der Waals surface area contributed by atoms with Crippen LogP contribution < -0.4 is 10.1 Å². The van der Waals surface area contributed by atoms with Crippen LogP contribution in [0.25, 0.3) is 6.08 Å². The number of benzene rings is 1. The highest BCUT2D eigenvalue weighted by Gasteiger charge is 2.04. The third kappa shape index (κ3) is 4.47. The van der Waals surface area contributed by atoms with Crippen LogP contribution in [0.5, 0.6) is 5.75 Å². The van der Waals surface area contributed by atoms with E-state index in [0.29, 0.717) is 10.8 Å². The van der Waals surface area contributed by atoms with Crippen molar-refractivity contribution in [1.82, 2.24) is 5.32 Å². The van der Waals surface area contributed by atoms with E-state index < -0.39 is 12.1 Å². The summed E-state index contributed by atoms with van der Waals surface area (Å²) >= 11 is 5.92. The van der Waals surface area contributed by atoms with Gasteiger partial charge in [0, 0.05) is 13.1 Å². The van der Waals surface area contributed by atoms with Crippen LogP contribution in [0.4, 0.5) is 4.79 Å². The number of carbonyl (C=O) groups is 2. The number of hydrogen-bond donors (Lipinski definition) is 1. The molecule has 96 valence electrons. The second-order valence-electron chi connectivity index (χ2n) is 3.25. The van der Waals surface area contributed by atoms with Crippen LogP contribution in [0, 0.1) is 0 Å². The van der Waals surface area contributed by atoms with Gasteiger partial charge in [-0.1, -0.05) is 17.7 Å². The minimum absolute atomic E-state index is 0.294. The molecule has 0 bridgehead atoms. The molecule has 1 rings (SSSR count). The maximum atomic E-state index is 10.8. The van der Waals surface area contributed by atoms with Gasteiger partial charge in [0.05, 0.1) is 12.1 Å². The summed E-state index contributed by atoms with van der Waals surface area (Å²) < 4.78 is 9.27. The molecular weight excluding hydrogens is 258 g/mol. The van der Waals surface area contributed by atoms with Gasteiger partial charge in [0.25, 0.3) is 0 Å². The van der Waals surface area contributed by atoms with E-state index in [9.17, 15) is 9.59 Å². The standard InChI is InChI=1S/C12H12ClNO4/c1-8(15)18-11-4-3-9(7-10(11)13)5-6-14-12(16)17-2/h3-7H,1-2H3,(H,14,16). The number of methoxy groups -OCH3 is 1. The Bertz CT molecular complexity index is 485. The second-order valence-corrected chi connectivity index (χ2v) is 3.66. The lowest BCUT2D eigenvalue weighted by atomic mass is 10.2. The van der Waals surface area contributed by atoms with Crippen molar-refractivity contribution in [1.29, 1.82) is 0 Å². The predicted octanol–water partition coefficient (Wildman–Crippen LogP) is 2.59. The van der Waals surface area contributed by atoms with E-state index in [1.54, 1.807) is 24.3 Å². The van der Waals surface area contributed by atoms with Gasteiger partial charge in [-0.25, -0.2) is 4.79 Å². The van der Waals surface area contributed by atoms with E-state index in [2.05, 4.69) is 10.1 Å². The lowest BCUT2D eigenvalue weighted by molar-refractivity contribution is -0.131. The molecule has 0 saturated heterocycles. The van der Waals surface area contributed by atoms with Crippen LogP contribution in [0.2, 0.25) is 5.02 Å². The molecule has 1 aromatic rings. The number of halogens is 1. The van der Waals surface area contributed by atoms with E-state index in [1.165, 1.54) is 20.2 Å². The van der Waals surface area contributed by atoms with Crippen molar-refractivity contribution < 1.29 is 19.1 Å². The molecule has 0 unspecified atom stereocenters. The third-order valence-corrected chi connectivity index (χ3v) is 2.17. The molecule has 6 heteroatoms. The lowest BCUT2D eigenvalue weighted by Crippen LogP contribution is -2.15. The van der Waals surface area contributed by atoms with E-state index >= 15 is 0 Å². The van der Waals surface area contributed by atoms with E-state index in [4.69, 9.17) is 16.3 Å². The summed E-state index contributed by atoms with van der Waals surface area (Å²) in [6.45, 7) is 1.30. The summed E-state index contributed by atoms with van der Waals surface area (Å²) in [5.41, 5.74) is 0.743. The average Bonchev–Trinajstić information content (AvgIpc) is 2.32. The van der Waals surface area contributed by atoms with Crippen molar-refractivity contribution >= 4 is 29.7 Å². The second kappa shape index (κ2) is 6.66. The molecule has 0 aliphatic rings. The quantitative estimate of drug-likeness (QED) is 0.677. The minimum Gasteiger partial charge on any atom is -0.453 e. The topological polar surface area (TPSA) is 64.6 Å². The molecule has 18 heavy (non-hydrogen) atoms. The van der Waals surface area contributed by atoms with E-state index in [0.717, 1.165) is 5.56 Å². The first-order valence-corrected chi connectivity index (χ1v) is 5.39. The Morgan fingerprint density at radius 3 is 2.67 bits per heavy atom. The number of nitrogens with one attached hydrogen (secondary N) is 1. The largest absolute Gasteiger partial charge is 0.453 e. The first-order valence-electron chi connectivity index (χ1n) is 5.02. The molecule has 0 aliphatic carbocycles. The average molecular weight is 270 g/mol. The molecule has 0 radical (unpaired) electrons. The van der Waals surface area contributed by atoms with Crippen molar-refractivity contribution in [2.24, 2.45) is 0 Å². The van der Waals surface area contributed by atoms with Gasteiger partial charge in [0.2, 0.25) is 0 Å². The molecule has 0 atom stereocenters. The maximum Gasteiger partial charge on any atom is 0.410 e. The van der Waals surface area contributed by atoms with Gasteiger partial charge in [-0.15, -0.1) is 0 Å². The summed E-state index contributed by atoms with van der Waals surface area (Å²) in [6.07, 6.45) is 2.48. The Kier molecular flexibility index (Phi) is 5.20. The summed E-state index contributed by atoms with van der Waals surface area (Å²) in [5, 5.41) is 2.69. The Morgan fingerprint density at radius 2 is 2.11 bits per heavy atom. The van der Waals surface area contributed by atoms with Crippen LogP contribution >= 0.6 is 11.6 Å². The highest BCUT2D eigenvalue weighted by atomic mass is 35.5. The fraction of sp³-hybridized carbons (Fsp3) is 0.167. The molecule has 1 N–H and O–H groups in total. The molecule has 0 fully saturated rings. The van der Waals surface area contributed by atoms with Gasteiger partial charge < -0.3 is 9.47 Å². The van der Waals surface area contributed by atoms with Crippen LogP contribution in [0.3, 0.4) is 0 Å². The third-order valence-electron chi connectivity index (χ3n) is 1.87. The molecular formula is C12H12ClNO4. The molecule has 5 nitrogen and oxygen atoms in total. The van der Waals surface area contributed by atoms with Gasteiger partial charge in [-0.3, -0.25) is 10.1 Å². The number of alkyl carbamates (subject to hydrolysis) is 1. The molecule has 1 aromatic carbocycles. The van der Waals surface area contributed by atoms with Crippen molar-refractivity contribution in [3.05, 3.63) is 35.0 Å². The van der Waals surface area contributed by atoms with Gasteiger partial charge in [-0.2, -0.15) is 0 Å². The van der Waals surface area contributed by atoms with Crippen molar-refractivity contribution in [3.8, 4) is 5.75 Å². The molecule has 0 heterocycles. The maximum absolute atomic E-state index is 10.8. The van der Waals surface area contributed by atoms with Crippen LogP contribution in [0.15, 0.2) is 24.4 Å². The predicted molar refractivity (Wildman–Crippen MR) is 67.3 cm³/mol. The zero-order valence-corrected chi connectivity index (χ0v) is 10.7. The van der Waals surface area contributed by atoms with Crippen molar-refractivity contribution in [3.63, 3.8) is 0 Å². The zero-order valence-electron chi connectivity index (χ0n) is 9.90. The Morgan fingerprint density at radius 1 is 1.39 bits per heavy atom. The highest BCUT2D eigenvalue weighted by molar-refractivity contribution is 6.32. The summed E-state index contributed by atoms with van der Waals surface area (Å²) in [7, 11) is 1.27. The Hall–Kier alpha value is -2.01. The first-order chi connectivity index (χ1) is 8.52. The number of rotatable bonds is 3. The number of carbonyl (C=O) groups excluding carboxylic acids is 2. The smallest absolute Gasteiger partial charge is 0.410 e. The fourth-order valence-corrected chi connectivity index (χ4v) is 1.35. The monoisotopic (exact) mass is 269 g/mol. The molecule has 0 spiro atoms. The Balaban J connectivity index is 2.72. The lowest BCUT2D eigenvalue weighted by Gasteiger charge is -2.04. The number of hydrogen-bond acceptors (Lipinski definition) is 4. The molecule has 1 amide bonds. The number of ether oxygens (including phenoxy) is 2. The normalized spacial score (nSPS) is 10.2. The van der Waals surface area contributed by atoms with Crippen LogP contribution in [0.1, 0.15) is 12.5 Å². The minimum atomic E-state index is -0.561. The summed E-state index contributed by atoms with van der Waals surface area (Å²) in [4.78, 5) is 21.6. The van der Waals surface area contributed by atoms with E-state index in [-0.39, 0.29) is 0 Å². The molecule has 0 aliphatic heterocycles. The van der Waals surface area contributed by atoms with Crippen molar-refractivity contribution in [2.75, 3.05) is 7.11 Å². The summed E-state index contributed by atoms with van der Waals surface area (Å²) in [6, 6.07) is 4.87. The van der Waals surface area contributed by atoms with Gasteiger partial charge in [0.15, 0.2) is 0 Å². The molecule has 0 saturated carbocycles. The van der Waals surface area contributed by atoms with Crippen molar-refractivity contribution in [2.45, 2.75) is 6.92 Å². The van der Waals surface area contributed by atoms with Crippen LogP contribution in [-0.2, 0) is 9.53 Å². The SMILES string of the molecule is COC(=O)NC=Cc1ccc(OC(C)=O)c(Cl)c1. The fourth-order valence-electron chi connectivity index (χ4n) is 1.12. The van der Waals surface area contributed by atoms with Gasteiger partial charge in [0.1, 0.15) is 5.75 Å². The van der Waals surface area contributed by atoms with Gasteiger partial charge in [-0.05, 0) is 23.8 Å². The molecule has 0 aromatic heterocycles. The van der Waals surface area contributed by atoms with Crippen LogP contribution in [-0.4, -0.2) is 19.2 Å².